The highest BCUT2D eigenvalue weighted by molar-refractivity contribution is 8.27. The van der Waals surface area contributed by atoms with E-state index in [1.807, 2.05) is 76.2 Å². The molecule has 0 fully saturated rings. The van der Waals surface area contributed by atoms with E-state index in [-0.39, 0.29) is 11.4 Å². The number of nitrogens with zero attached hydrogens (tertiary/aromatic N) is 4. The summed E-state index contributed by atoms with van der Waals surface area (Å²) < 4.78 is 2.11. The van der Waals surface area contributed by atoms with Gasteiger partial charge in [0.1, 0.15) is 5.04 Å². The second kappa shape index (κ2) is 8.42. The number of hydrogen-bond acceptors (Lipinski definition) is 4. The van der Waals surface area contributed by atoms with Gasteiger partial charge < -0.3 is 4.57 Å². The van der Waals surface area contributed by atoms with Gasteiger partial charge in [0.15, 0.2) is 5.84 Å². The van der Waals surface area contributed by atoms with Crippen molar-refractivity contribution in [3.8, 4) is 5.69 Å². The number of aryl methyl sites for hydroxylation is 2. The van der Waals surface area contributed by atoms with Crippen LogP contribution in [0.4, 0.5) is 0 Å². The highest BCUT2D eigenvalue weighted by Crippen LogP contribution is 2.32. The fourth-order valence-electron chi connectivity index (χ4n) is 4.19. The Morgan fingerprint density at radius 3 is 2.59 bits per heavy atom. The number of thioether (sulfide) groups is 1. The topological polar surface area (TPSA) is 73.8 Å². The Bertz CT molecular complexity index is 1480. The molecule has 5 rings (SSSR count). The molecule has 2 aromatic carbocycles. The van der Waals surface area contributed by atoms with Crippen molar-refractivity contribution in [2.24, 2.45) is 10.1 Å². The summed E-state index contributed by atoms with van der Waals surface area (Å²) in [5.74, 6) is -0.415. The summed E-state index contributed by atoms with van der Waals surface area (Å²) in [5.41, 5.74) is 7.03. The van der Waals surface area contributed by atoms with E-state index in [9.17, 15) is 4.79 Å². The first kappa shape index (κ1) is 22.4. The largest absolute Gasteiger partial charge is 0.318 e. The van der Waals surface area contributed by atoms with Crippen LogP contribution in [0.2, 0.25) is 5.02 Å². The number of amides is 1. The van der Waals surface area contributed by atoms with Gasteiger partial charge in [-0.3, -0.25) is 10.2 Å². The number of fused-ring (bicyclic) bond motifs is 1. The normalized spacial score (nSPS) is 16.7. The number of nitrogens with one attached hydrogen (secondary N) is 1. The van der Waals surface area contributed by atoms with Gasteiger partial charge in [-0.15, -0.1) is 0 Å². The molecule has 3 aromatic rings. The summed E-state index contributed by atoms with van der Waals surface area (Å²) in [7, 11) is 0. The van der Waals surface area contributed by atoms with Gasteiger partial charge in [-0.1, -0.05) is 41.4 Å². The smallest absolute Gasteiger partial charge is 0.283 e. The van der Waals surface area contributed by atoms with E-state index in [1.54, 1.807) is 6.08 Å². The molecule has 170 valence electrons. The van der Waals surface area contributed by atoms with Crippen molar-refractivity contribution in [1.82, 2.24) is 9.58 Å². The SMILES string of the molecule is Cc1cccc(C2=NN3C(=N)/C(=C\c4cc(C)n(-c5cccc(Cl)c5C)c4C)C(=O)N=C3S2)c1. The number of amidine groups is 2. The number of carbonyl (C=O) groups excluding carboxylic acids is 1. The summed E-state index contributed by atoms with van der Waals surface area (Å²) in [6.07, 6.45) is 1.73. The molecule has 0 bridgehead atoms. The summed E-state index contributed by atoms with van der Waals surface area (Å²) >= 11 is 7.66. The van der Waals surface area contributed by atoms with Gasteiger partial charge in [-0.2, -0.15) is 15.1 Å². The summed E-state index contributed by atoms with van der Waals surface area (Å²) in [6.45, 7) is 8.00. The lowest BCUT2D eigenvalue weighted by Crippen LogP contribution is -2.35. The highest BCUT2D eigenvalue weighted by atomic mass is 35.5. The highest BCUT2D eigenvalue weighted by Gasteiger charge is 2.36. The van der Waals surface area contributed by atoms with Gasteiger partial charge in [0, 0.05) is 27.7 Å². The minimum absolute atomic E-state index is 0.0221. The molecule has 0 saturated heterocycles. The Labute approximate surface area is 207 Å². The van der Waals surface area contributed by atoms with E-state index in [2.05, 4.69) is 14.7 Å². The van der Waals surface area contributed by atoms with Gasteiger partial charge in [0.2, 0.25) is 5.17 Å². The minimum atomic E-state index is -0.437. The second-order valence-electron chi connectivity index (χ2n) is 8.34. The molecule has 1 aromatic heterocycles. The van der Waals surface area contributed by atoms with E-state index >= 15 is 0 Å². The van der Waals surface area contributed by atoms with Crippen molar-refractivity contribution in [2.75, 3.05) is 0 Å². The number of rotatable bonds is 3. The molecule has 2 aliphatic heterocycles. The second-order valence-corrected chi connectivity index (χ2v) is 9.70. The first-order valence-corrected chi connectivity index (χ1v) is 12.0. The Hall–Kier alpha value is -3.42. The van der Waals surface area contributed by atoms with E-state index in [1.165, 1.54) is 16.8 Å². The first-order chi connectivity index (χ1) is 16.2. The number of aromatic nitrogens is 1. The maximum absolute atomic E-state index is 12.9. The molecule has 0 unspecified atom stereocenters. The zero-order valence-corrected chi connectivity index (χ0v) is 20.8. The first-order valence-electron chi connectivity index (χ1n) is 10.8. The third-order valence-electron chi connectivity index (χ3n) is 5.97. The number of aliphatic imine (C=N–C) groups is 1. The molecule has 6 nitrogen and oxygen atoms in total. The van der Waals surface area contributed by atoms with E-state index in [4.69, 9.17) is 17.0 Å². The van der Waals surface area contributed by atoms with Gasteiger partial charge >= 0.3 is 0 Å². The molecule has 8 heteroatoms. The van der Waals surface area contributed by atoms with Crippen LogP contribution in [0.15, 0.2) is 64.2 Å². The number of benzene rings is 2. The van der Waals surface area contributed by atoms with Crippen LogP contribution in [0.1, 0.15) is 33.6 Å². The van der Waals surface area contributed by atoms with Gasteiger partial charge in [-0.25, -0.2) is 0 Å². The molecular weight excluding hydrogens is 466 g/mol. The number of hydrogen-bond donors (Lipinski definition) is 1. The van der Waals surface area contributed by atoms with Crippen LogP contribution in [-0.2, 0) is 4.79 Å². The van der Waals surface area contributed by atoms with Crippen LogP contribution < -0.4 is 0 Å². The van der Waals surface area contributed by atoms with E-state index in [0.717, 1.165) is 44.4 Å². The Morgan fingerprint density at radius 1 is 1.06 bits per heavy atom. The molecule has 0 saturated carbocycles. The molecule has 3 heterocycles. The lowest BCUT2D eigenvalue weighted by Gasteiger charge is -2.20. The van der Waals surface area contributed by atoms with Crippen molar-refractivity contribution in [2.45, 2.75) is 27.7 Å². The van der Waals surface area contributed by atoms with Crippen LogP contribution >= 0.6 is 23.4 Å². The zero-order valence-electron chi connectivity index (χ0n) is 19.2. The average molecular weight is 488 g/mol. The van der Waals surface area contributed by atoms with Crippen LogP contribution in [0, 0.1) is 33.1 Å². The predicted molar refractivity (Wildman–Crippen MR) is 140 cm³/mol. The fourth-order valence-corrected chi connectivity index (χ4v) is 5.24. The summed E-state index contributed by atoms with van der Waals surface area (Å²) in [6, 6.07) is 15.8. The van der Waals surface area contributed by atoms with Crippen molar-refractivity contribution in [3.63, 3.8) is 0 Å². The molecule has 1 amide bonds. The summed E-state index contributed by atoms with van der Waals surface area (Å²) in [4.78, 5) is 17.1. The lowest BCUT2D eigenvalue weighted by molar-refractivity contribution is -0.114. The monoisotopic (exact) mass is 487 g/mol. The van der Waals surface area contributed by atoms with Crippen molar-refractivity contribution >= 4 is 51.4 Å². The van der Waals surface area contributed by atoms with Gasteiger partial charge in [0.25, 0.3) is 5.91 Å². The summed E-state index contributed by atoms with van der Waals surface area (Å²) in [5, 5.41) is 16.6. The molecule has 0 radical (unpaired) electrons. The molecule has 0 spiro atoms. The Balaban J connectivity index is 1.53. The van der Waals surface area contributed by atoms with Crippen LogP contribution in [0.25, 0.3) is 11.8 Å². The van der Waals surface area contributed by atoms with E-state index < -0.39 is 5.91 Å². The zero-order chi connectivity index (χ0) is 24.1. The van der Waals surface area contributed by atoms with Crippen molar-refractivity contribution < 1.29 is 4.79 Å². The lowest BCUT2D eigenvalue weighted by atomic mass is 10.1. The van der Waals surface area contributed by atoms with Crippen molar-refractivity contribution in [1.29, 1.82) is 5.41 Å². The average Bonchev–Trinajstić information content (AvgIpc) is 3.34. The molecule has 34 heavy (non-hydrogen) atoms. The Morgan fingerprint density at radius 2 is 1.82 bits per heavy atom. The molecule has 2 aliphatic rings. The third kappa shape index (κ3) is 3.71. The number of hydrazone groups is 1. The molecule has 0 atom stereocenters. The van der Waals surface area contributed by atoms with Crippen LogP contribution in [0.3, 0.4) is 0 Å². The Kier molecular flexibility index (Phi) is 5.54. The number of halogens is 1. The van der Waals surface area contributed by atoms with Crippen LogP contribution in [-0.4, -0.2) is 31.5 Å². The molecule has 0 aliphatic carbocycles. The maximum atomic E-state index is 12.9. The maximum Gasteiger partial charge on any atom is 0.283 e. The minimum Gasteiger partial charge on any atom is -0.318 e. The molecular formula is C26H22ClN5OS. The standard InChI is InChI=1S/C26H22ClN5OS/c1-14-7-5-8-18(11-14)25-30-32-23(28)20(24(33)29-26(32)34-25)13-19-12-15(2)31(17(19)4)22-10-6-9-21(27)16(22)3/h5-13,28H,1-4H3/b20-13+,28-23?. The quantitative estimate of drug-likeness (QED) is 0.458. The fraction of sp³-hybridized carbons (Fsp3) is 0.154. The van der Waals surface area contributed by atoms with E-state index in [0.29, 0.717) is 10.2 Å². The predicted octanol–water partition coefficient (Wildman–Crippen LogP) is 6.03. The molecule has 1 N–H and O–H groups in total. The van der Waals surface area contributed by atoms with Crippen molar-refractivity contribution in [3.05, 3.63) is 92.8 Å². The van der Waals surface area contributed by atoms with Gasteiger partial charge in [-0.05, 0) is 80.9 Å². The number of carbonyl (C=O) groups is 1. The third-order valence-corrected chi connectivity index (χ3v) is 7.34. The van der Waals surface area contributed by atoms with Gasteiger partial charge in [0.05, 0.1) is 5.57 Å². The van der Waals surface area contributed by atoms with Crippen LogP contribution in [0.5, 0.6) is 0 Å².